The zero-order chi connectivity index (χ0) is 62.0. The highest BCUT2D eigenvalue weighted by Gasteiger charge is 2.32. The molecule has 4 aliphatic rings. The zero-order valence-electron chi connectivity index (χ0n) is 49.3. The van der Waals surface area contributed by atoms with Crippen molar-refractivity contribution in [3.05, 3.63) is 107 Å². The van der Waals surface area contributed by atoms with Crippen molar-refractivity contribution in [1.82, 2.24) is 40.9 Å². The highest BCUT2D eigenvalue weighted by Crippen LogP contribution is 2.33. The highest BCUT2D eigenvalue weighted by atomic mass is 16.5. The Balaban J connectivity index is 1.32. The van der Waals surface area contributed by atoms with Gasteiger partial charge in [-0.2, -0.15) is 0 Å². The Bertz CT molecular complexity index is 2780. The van der Waals surface area contributed by atoms with Crippen molar-refractivity contribution in [1.29, 1.82) is 0 Å². The van der Waals surface area contributed by atoms with Gasteiger partial charge in [-0.3, -0.25) is 52.7 Å². The summed E-state index contributed by atoms with van der Waals surface area (Å²) in [6.45, 7) is -1.35. The second kappa shape index (κ2) is 34.7. The van der Waals surface area contributed by atoms with Crippen molar-refractivity contribution in [3.63, 3.8) is 0 Å². The van der Waals surface area contributed by atoms with Crippen LogP contribution in [0.5, 0.6) is 0 Å². The van der Waals surface area contributed by atoms with E-state index in [1.54, 1.807) is 31.2 Å². The molecule has 2 heterocycles. The van der Waals surface area contributed by atoms with E-state index in [4.69, 9.17) is 10.5 Å². The number of carbonyl (C=O) groups excluding carboxylic acids is 9. The minimum absolute atomic E-state index is 0.0357. The monoisotopic (exact) mass is 1190 g/mol. The van der Waals surface area contributed by atoms with Gasteiger partial charge >= 0.3 is 11.9 Å². The van der Waals surface area contributed by atoms with Gasteiger partial charge in [0.15, 0.2) is 0 Å². The Labute approximate surface area is 502 Å². The second-order valence-electron chi connectivity index (χ2n) is 23.1. The predicted molar refractivity (Wildman–Crippen MR) is 316 cm³/mol. The third-order valence-corrected chi connectivity index (χ3v) is 15.6. The third-order valence-electron chi connectivity index (χ3n) is 15.6. The number of carboxylic acids is 2. The number of benzene rings is 3. The molecule has 0 unspecified atom stereocenters. The number of carbonyl (C=O) groups is 11. The molecule has 2 fully saturated rings. The molecular formula is C63H85N9O14. The van der Waals surface area contributed by atoms with Gasteiger partial charge in [-0.05, 0) is 86.1 Å². The molecule has 3 aromatic rings. The van der Waals surface area contributed by atoms with Crippen molar-refractivity contribution >= 4 is 65.1 Å². The number of nitrogens with two attached hydrogens (primary N) is 1. The van der Waals surface area contributed by atoms with Crippen molar-refractivity contribution in [3.8, 4) is 0 Å². The maximum Gasteiger partial charge on any atom is 0.303 e. The van der Waals surface area contributed by atoms with Crippen LogP contribution >= 0.6 is 0 Å². The normalized spacial score (nSPS) is 21.0. The second-order valence-corrected chi connectivity index (χ2v) is 23.1. The minimum atomic E-state index is -1.23. The molecule has 23 nitrogen and oxygen atoms in total. The Kier molecular flexibility index (Phi) is 27.0. The largest absolute Gasteiger partial charge is 0.481 e. The van der Waals surface area contributed by atoms with E-state index < -0.39 is 129 Å². The van der Waals surface area contributed by atoms with Crippen LogP contribution in [0.3, 0.4) is 0 Å². The van der Waals surface area contributed by atoms with E-state index in [0.717, 1.165) is 56.1 Å². The first kappa shape index (κ1) is 66.9. The zero-order valence-corrected chi connectivity index (χ0v) is 49.3. The molecule has 8 N–H and O–H groups in total. The molecule has 86 heavy (non-hydrogen) atoms. The van der Waals surface area contributed by atoms with Crippen LogP contribution in [0, 0.1) is 11.8 Å². The number of fused-ring (bicyclic) bond motifs is 29. The summed E-state index contributed by atoms with van der Waals surface area (Å²) in [7, 11) is 0. The van der Waals surface area contributed by atoms with Gasteiger partial charge in [0.05, 0.1) is 64.3 Å². The van der Waals surface area contributed by atoms with Crippen LogP contribution in [0.15, 0.2) is 84.9 Å². The summed E-state index contributed by atoms with van der Waals surface area (Å²) in [5.74, 6) is -7.28. The summed E-state index contributed by atoms with van der Waals surface area (Å²) in [6, 6.07) is 21.3. The fourth-order valence-electron chi connectivity index (χ4n) is 11.0. The average molecular weight is 1190 g/mol. The van der Waals surface area contributed by atoms with Crippen molar-refractivity contribution in [2.45, 2.75) is 147 Å². The quantitative estimate of drug-likeness (QED) is 0.0954. The molecule has 0 radical (unpaired) electrons. The number of hydrogen-bond acceptors (Lipinski definition) is 12. The van der Waals surface area contributed by atoms with Gasteiger partial charge in [0.2, 0.25) is 47.3 Å². The first-order valence-electron chi connectivity index (χ1n) is 30.0. The summed E-state index contributed by atoms with van der Waals surface area (Å²) in [6.07, 6.45) is 6.11. The molecule has 2 aliphatic heterocycles. The molecule has 0 aromatic heterocycles. The van der Waals surface area contributed by atoms with Gasteiger partial charge in [-0.15, -0.1) is 0 Å². The Hall–Kier alpha value is -8.21. The SMILES string of the molecule is C[C@H]1CN(C(=O)CC2CC2)CC(=O)N[C@@H](CCC(=O)O)CN(C(=O)CCC2CCCCC2)CC(=O)N[C@@H](Cc2ccccc2)CN(CC(N)=O)C(=O)CCOCc2ccc(cc2)C(=O)N[C@@H](Cc2ccccc2)CN(C(=O)CCC(=O)O)CC(=O)N1. The van der Waals surface area contributed by atoms with Crippen LogP contribution in [-0.2, 0) is 72.1 Å². The van der Waals surface area contributed by atoms with Crippen molar-refractivity contribution < 1.29 is 67.7 Å². The lowest BCUT2D eigenvalue weighted by Gasteiger charge is -2.32. The number of carboxylic acid groups (broad SMARTS) is 2. The number of amides is 9. The topological polar surface area (TPSA) is 325 Å². The van der Waals surface area contributed by atoms with Gasteiger partial charge in [-0.25, -0.2) is 0 Å². The number of rotatable bonds is 17. The van der Waals surface area contributed by atoms with E-state index in [-0.39, 0.29) is 95.3 Å². The summed E-state index contributed by atoms with van der Waals surface area (Å²) in [4.78, 5) is 154. The number of primary amides is 1. The smallest absolute Gasteiger partial charge is 0.303 e. The molecular weight excluding hydrogens is 1110 g/mol. The minimum Gasteiger partial charge on any atom is -0.481 e. The molecule has 2 bridgehead atoms. The maximum absolute atomic E-state index is 14.4. The molecule has 2 aliphatic carbocycles. The molecule has 0 saturated heterocycles. The summed E-state index contributed by atoms with van der Waals surface area (Å²) >= 11 is 0. The lowest BCUT2D eigenvalue weighted by molar-refractivity contribution is -0.142. The van der Waals surface area contributed by atoms with Crippen LogP contribution in [0.1, 0.15) is 130 Å². The van der Waals surface area contributed by atoms with E-state index in [1.165, 1.54) is 19.6 Å². The molecule has 0 spiro atoms. The highest BCUT2D eigenvalue weighted by molar-refractivity contribution is 5.94. The van der Waals surface area contributed by atoms with Gasteiger partial charge in [0.1, 0.15) is 0 Å². The first-order chi connectivity index (χ1) is 41.2. The molecule has 23 heteroatoms. The van der Waals surface area contributed by atoms with Crippen molar-refractivity contribution in [2.24, 2.45) is 17.6 Å². The van der Waals surface area contributed by atoms with E-state index >= 15 is 0 Å². The van der Waals surface area contributed by atoms with Gasteiger partial charge < -0.3 is 61.6 Å². The molecule has 7 rings (SSSR count). The van der Waals surface area contributed by atoms with Gasteiger partial charge in [-0.1, -0.05) is 105 Å². The fourth-order valence-corrected chi connectivity index (χ4v) is 11.0. The maximum atomic E-state index is 14.4. The Morgan fingerprint density at radius 3 is 1.66 bits per heavy atom. The lowest BCUT2D eigenvalue weighted by Crippen LogP contribution is -2.54. The lowest BCUT2D eigenvalue weighted by atomic mass is 9.86. The molecule has 466 valence electrons. The van der Waals surface area contributed by atoms with Gasteiger partial charge in [0.25, 0.3) is 5.91 Å². The molecule has 9 amide bonds. The Morgan fingerprint density at radius 1 is 0.558 bits per heavy atom. The number of aliphatic carboxylic acids is 2. The first-order valence-corrected chi connectivity index (χ1v) is 30.0. The fraction of sp³-hybridized carbons (Fsp3) is 0.540. The summed E-state index contributed by atoms with van der Waals surface area (Å²) in [5, 5.41) is 31.0. The summed E-state index contributed by atoms with van der Waals surface area (Å²) < 4.78 is 5.90. The van der Waals surface area contributed by atoms with Crippen LogP contribution in [0.2, 0.25) is 0 Å². The number of nitrogens with zero attached hydrogens (tertiary/aromatic N) is 4. The third kappa shape index (κ3) is 24.8. The van der Waals surface area contributed by atoms with E-state index in [1.807, 2.05) is 60.7 Å². The van der Waals surface area contributed by atoms with Crippen LogP contribution in [0.25, 0.3) is 0 Å². The van der Waals surface area contributed by atoms with Crippen LogP contribution in [-0.4, -0.2) is 178 Å². The van der Waals surface area contributed by atoms with Crippen molar-refractivity contribution in [2.75, 3.05) is 59.0 Å². The molecule has 3 aromatic carbocycles. The number of nitrogens with one attached hydrogen (secondary N) is 4. The Morgan fingerprint density at radius 2 is 1.09 bits per heavy atom. The van der Waals surface area contributed by atoms with Crippen LogP contribution < -0.4 is 27.0 Å². The molecule has 2 saturated carbocycles. The standard InChI is InChI=1S/C63H85N9O14/c1-43-34-69(60(80)33-47-17-18-47)40-55(75)66-50(24-27-61(81)82)35-71(57(77)25-21-44-11-5-2-6-12-44)41-56(76)67-51(31-45-13-7-3-8-14-45)36-70(38-53(64)73)59(79)29-30-86-42-48-19-22-49(23-20-48)63(85)68-52(32-46-15-9-4-10-16-46)37-72(39-54(74)65-43)58(78)26-28-62(83)84/h3-4,7-10,13-16,19-20,22-23,43-44,47,50-52H,2,5-6,11-12,17-18,21,24-42H2,1H3,(H2,64,73)(H,65,74)(H,66,75)(H,67,76)(H,68,85)(H,81,82)(H,83,84)/t43-,50-,51-,52-/m0/s1. The van der Waals surface area contributed by atoms with Gasteiger partial charge in [0, 0.05) is 69.5 Å². The summed E-state index contributed by atoms with van der Waals surface area (Å²) in [5.41, 5.74) is 8.18. The van der Waals surface area contributed by atoms with E-state index in [2.05, 4.69) is 21.3 Å². The number of hydrogen-bond donors (Lipinski definition) is 7. The van der Waals surface area contributed by atoms with E-state index in [0.29, 0.717) is 17.9 Å². The van der Waals surface area contributed by atoms with Crippen LogP contribution in [0.4, 0.5) is 0 Å². The van der Waals surface area contributed by atoms with E-state index in [9.17, 15) is 63.0 Å². The number of ether oxygens (including phenoxy) is 1. The predicted octanol–water partition coefficient (Wildman–Crippen LogP) is 3.35. The molecule has 4 atom stereocenters. The average Bonchev–Trinajstić information content (AvgIpc) is 4.35.